The lowest BCUT2D eigenvalue weighted by Crippen LogP contribution is -2.25. The summed E-state index contributed by atoms with van der Waals surface area (Å²) in [5.41, 5.74) is 6.52. The highest BCUT2D eigenvalue weighted by molar-refractivity contribution is 6.10. The van der Waals surface area contributed by atoms with Gasteiger partial charge in [-0.05, 0) is 55.1 Å². The van der Waals surface area contributed by atoms with Crippen LogP contribution < -0.4 is 5.32 Å². The molecule has 3 rings (SSSR count). The van der Waals surface area contributed by atoms with Gasteiger partial charge in [-0.2, -0.15) is 0 Å². The number of fused-ring (bicyclic) bond motifs is 1. The zero-order valence-corrected chi connectivity index (χ0v) is 12.0. The van der Waals surface area contributed by atoms with Crippen LogP contribution in [0.25, 0.3) is 0 Å². The largest absolute Gasteiger partial charge is 0.312 e. The Morgan fingerprint density at radius 3 is 2.75 bits per heavy atom. The lowest BCUT2D eigenvalue weighted by atomic mass is 9.90. The number of rotatable bonds is 2. The average Bonchev–Trinajstić information content (AvgIpc) is 2.49. The Labute approximate surface area is 119 Å². The van der Waals surface area contributed by atoms with Gasteiger partial charge >= 0.3 is 0 Å². The molecule has 1 aliphatic rings. The molecule has 0 atom stereocenters. The lowest BCUT2D eigenvalue weighted by Gasteiger charge is -2.20. The van der Waals surface area contributed by atoms with Crippen LogP contribution in [0.3, 0.4) is 0 Å². The molecule has 2 aromatic carbocycles. The van der Waals surface area contributed by atoms with E-state index >= 15 is 0 Å². The van der Waals surface area contributed by atoms with Crippen molar-refractivity contribution in [2.24, 2.45) is 0 Å². The van der Waals surface area contributed by atoms with Crippen molar-refractivity contribution in [2.75, 3.05) is 6.54 Å². The van der Waals surface area contributed by atoms with Crippen molar-refractivity contribution in [3.05, 3.63) is 69.8 Å². The fourth-order valence-corrected chi connectivity index (χ4v) is 2.78. The summed E-state index contributed by atoms with van der Waals surface area (Å²) in [6.07, 6.45) is 0.933. The first kappa shape index (κ1) is 13.1. The van der Waals surface area contributed by atoms with E-state index in [1.54, 1.807) is 0 Å². The van der Waals surface area contributed by atoms with E-state index in [1.165, 1.54) is 22.3 Å². The molecule has 1 heterocycles. The Kier molecular flexibility index (Phi) is 3.41. The number of ketones is 1. The molecule has 0 unspecified atom stereocenters. The second-order valence-electron chi connectivity index (χ2n) is 5.50. The van der Waals surface area contributed by atoms with Crippen LogP contribution in [0.15, 0.2) is 36.4 Å². The zero-order valence-electron chi connectivity index (χ0n) is 12.0. The molecule has 0 aliphatic carbocycles. The molecule has 2 heteroatoms. The molecule has 0 bridgehead atoms. The quantitative estimate of drug-likeness (QED) is 0.845. The van der Waals surface area contributed by atoms with E-state index < -0.39 is 0 Å². The number of benzene rings is 2. The van der Waals surface area contributed by atoms with Crippen LogP contribution in [0.4, 0.5) is 0 Å². The number of hydrogen-bond donors (Lipinski definition) is 1. The van der Waals surface area contributed by atoms with Crippen molar-refractivity contribution >= 4 is 5.78 Å². The summed E-state index contributed by atoms with van der Waals surface area (Å²) >= 11 is 0. The summed E-state index contributed by atoms with van der Waals surface area (Å²) in [6, 6.07) is 12.0. The van der Waals surface area contributed by atoms with Crippen LogP contribution in [-0.2, 0) is 13.0 Å². The molecule has 0 aromatic heterocycles. The van der Waals surface area contributed by atoms with E-state index in [4.69, 9.17) is 0 Å². The van der Waals surface area contributed by atoms with Crippen LogP contribution in [0.1, 0.15) is 38.2 Å². The Morgan fingerprint density at radius 2 is 1.95 bits per heavy atom. The van der Waals surface area contributed by atoms with Crippen LogP contribution in [0.2, 0.25) is 0 Å². The third kappa shape index (κ3) is 2.27. The van der Waals surface area contributed by atoms with E-state index in [0.717, 1.165) is 30.6 Å². The highest BCUT2D eigenvalue weighted by Crippen LogP contribution is 2.22. The predicted molar refractivity (Wildman–Crippen MR) is 81.2 cm³/mol. The number of carbonyl (C=O) groups is 1. The molecule has 20 heavy (non-hydrogen) atoms. The van der Waals surface area contributed by atoms with Gasteiger partial charge in [0.15, 0.2) is 5.78 Å². The third-order valence-corrected chi connectivity index (χ3v) is 4.15. The summed E-state index contributed by atoms with van der Waals surface area (Å²) in [7, 11) is 0. The van der Waals surface area contributed by atoms with Crippen LogP contribution >= 0.6 is 0 Å². The fourth-order valence-electron chi connectivity index (χ4n) is 2.78. The molecule has 0 saturated heterocycles. The molecule has 2 nitrogen and oxygen atoms in total. The Morgan fingerprint density at radius 1 is 1.10 bits per heavy atom. The van der Waals surface area contributed by atoms with E-state index in [2.05, 4.69) is 25.2 Å². The van der Waals surface area contributed by atoms with Gasteiger partial charge in [0, 0.05) is 17.7 Å². The molecular formula is C18H19NO. The van der Waals surface area contributed by atoms with Crippen molar-refractivity contribution in [1.29, 1.82) is 0 Å². The van der Waals surface area contributed by atoms with Gasteiger partial charge in [0.1, 0.15) is 0 Å². The first-order chi connectivity index (χ1) is 9.66. The van der Waals surface area contributed by atoms with Crippen LogP contribution in [0.5, 0.6) is 0 Å². The SMILES string of the molecule is Cc1ccc(C(=O)c2cccc3c2CCNC3)cc1C. The third-order valence-electron chi connectivity index (χ3n) is 4.15. The van der Waals surface area contributed by atoms with E-state index in [1.807, 2.05) is 30.3 Å². The van der Waals surface area contributed by atoms with Gasteiger partial charge in [-0.15, -0.1) is 0 Å². The maximum Gasteiger partial charge on any atom is 0.193 e. The normalized spacial score (nSPS) is 13.9. The topological polar surface area (TPSA) is 29.1 Å². The van der Waals surface area contributed by atoms with Crippen molar-refractivity contribution < 1.29 is 4.79 Å². The maximum absolute atomic E-state index is 12.8. The van der Waals surface area contributed by atoms with E-state index in [0.29, 0.717) is 0 Å². The zero-order chi connectivity index (χ0) is 14.1. The number of carbonyl (C=O) groups excluding carboxylic acids is 1. The second kappa shape index (κ2) is 5.22. The summed E-state index contributed by atoms with van der Waals surface area (Å²) in [6.45, 7) is 5.93. The maximum atomic E-state index is 12.8. The van der Waals surface area contributed by atoms with Crippen molar-refractivity contribution in [3.8, 4) is 0 Å². The van der Waals surface area contributed by atoms with Gasteiger partial charge in [0.2, 0.25) is 0 Å². The number of hydrogen-bond acceptors (Lipinski definition) is 2. The Hall–Kier alpha value is -1.93. The molecule has 102 valence electrons. The molecule has 1 N–H and O–H groups in total. The number of aryl methyl sites for hydroxylation is 2. The molecule has 0 fully saturated rings. The summed E-state index contributed by atoms with van der Waals surface area (Å²) < 4.78 is 0. The van der Waals surface area contributed by atoms with Gasteiger partial charge in [0.05, 0.1) is 0 Å². The van der Waals surface area contributed by atoms with Gasteiger partial charge < -0.3 is 5.32 Å². The van der Waals surface area contributed by atoms with Crippen molar-refractivity contribution in [1.82, 2.24) is 5.32 Å². The minimum Gasteiger partial charge on any atom is -0.312 e. The molecule has 2 aromatic rings. The van der Waals surface area contributed by atoms with Gasteiger partial charge in [-0.1, -0.05) is 30.3 Å². The minimum absolute atomic E-state index is 0.145. The summed E-state index contributed by atoms with van der Waals surface area (Å²) in [4.78, 5) is 12.8. The predicted octanol–water partition coefficient (Wildman–Crippen LogP) is 3.18. The fraction of sp³-hybridized carbons (Fsp3) is 0.278. The average molecular weight is 265 g/mol. The molecule has 0 saturated carbocycles. The minimum atomic E-state index is 0.145. The molecule has 0 spiro atoms. The Bertz CT molecular complexity index is 673. The van der Waals surface area contributed by atoms with Gasteiger partial charge in [-0.25, -0.2) is 0 Å². The van der Waals surface area contributed by atoms with Crippen molar-refractivity contribution in [2.45, 2.75) is 26.8 Å². The molecule has 1 aliphatic heterocycles. The first-order valence-electron chi connectivity index (χ1n) is 7.10. The number of nitrogens with one attached hydrogen (secondary N) is 1. The van der Waals surface area contributed by atoms with Crippen molar-refractivity contribution in [3.63, 3.8) is 0 Å². The Balaban J connectivity index is 2.04. The smallest absolute Gasteiger partial charge is 0.193 e. The van der Waals surface area contributed by atoms with Crippen LogP contribution in [-0.4, -0.2) is 12.3 Å². The first-order valence-corrected chi connectivity index (χ1v) is 7.10. The van der Waals surface area contributed by atoms with Crippen LogP contribution in [0, 0.1) is 13.8 Å². The standard InChI is InChI=1S/C18H19NO/c1-12-6-7-14(10-13(12)2)18(20)17-5-3-4-15-11-19-9-8-16(15)17/h3-7,10,19H,8-9,11H2,1-2H3. The highest BCUT2D eigenvalue weighted by Gasteiger charge is 2.18. The van der Waals surface area contributed by atoms with E-state index in [-0.39, 0.29) is 5.78 Å². The molecular weight excluding hydrogens is 246 g/mol. The lowest BCUT2D eigenvalue weighted by molar-refractivity contribution is 0.103. The summed E-state index contributed by atoms with van der Waals surface area (Å²) in [5, 5.41) is 3.35. The molecule has 0 radical (unpaired) electrons. The highest BCUT2D eigenvalue weighted by atomic mass is 16.1. The summed E-state index contributed by atoms with van der Waals surface area (Å²) in [5.74, 6) is 0.145. The van der Waals surface area contributed by atoms with Gasteiger partial charge in [0.25, 0.3) is 0 Å². The molecule has 0 amide bonds. The van der Waals surface area contributed by atoms with Gasteiger partial charge in [-0.3, -0.25) is 4.79 Å². The van der Waals surface area contributed by atoms with E-state index in [9.17, 15) is 4.79 Å². The monoisotopic (exact) mass is 265 g/mol. The second-order valence-corrected chi connectivity index (χ2v) is 5.50.